The van der Waals surface area contributed by atoms with Gasteiger partial charge in [-0.1, -0.05) is 31.2 Å². The maximum Gasteiger partial charge on any atom is 0.0674 e. The Bertz CT molecular complexity index is 552. The number of hydrogen-bond donors (Lipinski definition) is 1. The summed E-state index contributed by atoms with van der Waals surface area (Å²) in [6, 6.07) is 8.83. The normalized spacial score (nSPS) is 11.0. The van der Waals surface area contributed by atoms with E-state index in [0.717, 1.165) is 25.3 Å². The van der Waals surface area contributed by atoms with Crippen LogP contribution in [0.2, 0.25) is 0 Å². The summed E-state index contributed by atoms with van der Waals surface area (Å²) in [4.78, 5) is 0. The molecule has 3 heteroatoms. The molecule has 2 rings (SSSR count). The van der Waals surface area contributed by atoms with Gasteiger partial charge in [0, 0.05) is 24.3 Å². The number of benzene rings is 1. The van der Waals surface area contributed by atoms with Crippen LogP contribution in [0.15, 0.2) is 24.3 Å². The minimum absolute atomic E-state index is 0.922. The summed E-state index contributed by atoms with van der Waals surface area (Å²) in [5, 5.41) is 8.02. The number of aryl methyl sites for hydroxylation is 2. The van der Waals surface area contributed by atoms with Crippen LogP contribution in [-0.2, 0) is 13.1 Å². The summed E-state index contributed by atoms with van der Waals surface area (Å²) in [6.45, 7) is 11.5. The van der Waals surface area contributed by atoms with Crippen molar-refractivity contribution >= 4 is 0 Å². The highest BCUT2D eigenvalue weighted by atomic mass is 15.3. The van der Waals surface area contributed by atoms with E-state index < -0.39 is 0 Å². The van der Waals surface area contributed by atoms with E-state index in [0.29, 0.717) is 0 Å². The molecular formula is C17H25N3. The van der Waals surface area contributed by atoms with E-state index >= 15 is 0 Å². The van der Waals surface area contributed by atoms with Gasteiger partial charge in [0.2, 0.25) is 0 Å². The summed E-state index contributed by atoms with van der Waals surface area (Å²) in [6.07, 6.45) is 1.17. The molecule has 0 atom stereocenters. The lowest BCUT2D eigenvalue weighted by molar-refractivity contribution is 0.634. The topological polar surface area (TPSA) is 29.9 Å². The number of rotatable bonds is 6. The highest BCUT2D eigenvalue weighted by molar-refractivity contribution is 5.68. The lowest BCUT2D eigenvalue weighted by Crippen LogP contribution is -2.13. The highest BCUT2D eigenvalue weighted by Crippen LogP contribution is 2.27. The van der Waals surface area contributed by atoms with Crippen molar-refractivity contribution in [1.82, 2.24) is 15.1 Å². The minimum atomic E-state index is 0.922. The third-order valence-corrected chi connectivity index (χ3v) is 3.68. The molecule has 108 valence electrons. The smallest absolute Gasteiger partial charge is 0.0674 e. The summed E-state index contributed by atoms with van der Waals surface area (Å²) >= 11 is 0. The van der Waals surface area contributed by atoms with Crippen molar-refractivity contribution in [3.8, 4) is 11.1 Å². The molecule has 0 fully saturated rings. The first-order valence-electron chi connectivity index (χ1n) is 7.51. The zero-order valence-corrected chi connectivity index (χ0v) is 13.0. The standard InChI is InChI=1S/C17H25N3/c1-5-11-18-12-15-7-9-16(10-8-15)17-13(3)19-20(6-2)14(17)4/h7-10,18H,5-6,11-12H2,1-4H3. The molecule has 1 N–H and O–H groups in total. The molecule has 0 amide bonds. The van der Waals surface area contributed by atoms with Gasteiger partial charge in [-0.05, 0) is 44.9 Å². The van der Waals surface area contributed by atoms with Crippen molar-refractivity contribution < 1.29 is 0 Å². The molecule has 0 radical (unpaired) electrons. The summed E-state index contributed by atoms with van der Waals surface area (Å²) in [7, 11) is 0. The van der Waals surface area contributed by atoms with E-state index in [1.807, 2.05) is 0 Å². The van der Waals surface area contributed by atoms with Gasteiger partial charge in [0.05, 0.1) is 5.69 Å². The minimum Gasteiger partial charge on any atom is -0.313 e. The first kappa shape index (κ1) is 14.8. The Kier molecular flexibility index (Phi) is 4.96. The molecule has 3 nitrogen and oxygen atoms in total. The average molecular weight is 271 g/mol. The van der Waals surface area contributed by atoms with Gasteiger partial charge in [-0.2, -0.15) is 5.10 Å². The van der Waals surface area contributed by atoms with Crippen LogP contribution in [0.3, 0.4) is 0 Å². The zero-order valence-electron chi connectivity index (χ0n) is 13.0. The molecule has 1 aromatic heterocycles. The Morgan fingerprint density at radius 1 is 1.10 bits per heavy atom. The van der Waals surface area contributed by atoms with Crippen LogP contribution in [-0.4, -0.2) is 16.3 Å². The van der Waals surface area contributed by atoms with Crippen LogP contribution in [0.25, 0.3) is 11.1 Å². The molecular weight excluding hydrogens is 246 g/mol. The molecule has 0 unspecified atom stereocenters. The molecule has 0 saturated carbocycles. The Labute approximate surface area is 122 Å². The van der Waals surface area contributed by atoms with Crippen LogP contribution >= 0.6 is 0 Å². The van der Waals surface area contributed by atoms with Crippen molar-refractivity contribution in [3.05, 3.63) is 41.2 Å². The van der Waals surface area contributed by atoms with Gasteiger partial charge in [0.15, 0.2) is 0 Å². The average Bonchev–Trinajstić information content (AvgIpc) is 2.75. The van der Waals surface area contributed by atoms with E-state index in [1.165, 1.54) is 28.8 Å². The third kappa shape index (κ3) is 3.10. The lowest BCUT2D eigenvalue weighted by Gasteiger charge is -2.06. The highest BCUT2D eigenvalue weighted by Gasteiger charge is 2.12. The van der Waals surface area contributed by atoms with Gasteiger partial charge in [-0.15, -0.1) is 0 Å². The first-order chi connectivity index (χ1) is 9.67. The van der Waals surface area contributed by atoms with Crippen molar-refractivity contribution in [1.29, 1.82) is 0 Å². The molecule has 0 aliphatic carbocycles. The molecule has 20 heavy (non-hydrogen) atoms. The number of nitrogens with zero attached hydrogens (tertiary/aromatic N) is 2. The Hall–Kier alpha value is -1.61. The van der Waals surface area contributed by atoms with Crippen molar-refractivity contribution in [2.45, 2.75) is 47.2 Å². The maximum atomic E-state index is 4.59. The van der Waals surface area contributed by atoms with E-state index in [2.05, 4.69) is 67.1 Å². The van der Waals surface area contributed by atoms with Crippen LogP contribution in [0.4, 0.5) is 0 Å². The molecule has 0 aliphatic rings. The van der Waals surface area contributed by atoms with Gasteiger partial charge >= 0.3 is 0 Å². The number of aromatic nitrogens is 2. The van der Waals surface area contributed by atoms with Crippen molar-refractivity contribution in [2.24, 2.45) is 0 Å². The Balaban J connectivity index is 2.19. The summed E-state index contributed by atoms with van der Waals surface area (Å²) in [5.41, 5.74) is 6.24. The second-order valence-electron chi connectivity index (χ2n) is 5.24. The predicted molar refractivity (Wildman–Crippen MR) is 84.8 cm³/mol. The van der Waals surface area contributed by atoms with Crippen LogP contribution in [0, 0.1) is 13.8 Å². The monoisotopic (exact) mass is 271 g/mol. The van der Waals surface area contributed by atoms with Crippen molar-refractivity contribution in [3.63, 3.8) is 0 Å². The predicted octanol–water partition coefficient (Wildman–Crippen LogP) is 3.69. The SMILES string of the molecule is CCCNCc1ccc(-c2c(C)nn(CC)c2C)cc1. The molecule has 0 spiro atoms. The molecule has 0 saturated heterocycles. The van der Waals surface area contributed by atoms with Crippen molar-refractivity contribution in [2.75, 3.05) is 6.54 Å². The van der Waals surface area contributed by atoms with Gasteiger partial charge in [-0.25, -0.2) is 0 Å². The van der Waals surface area contributed by atoms with Gasteiger partial charge in [0.1, 0.15) is 0 Å². The first-order valence-corrected chi connectivity index (χ1v) is 7.51. The van der Waals surface area contributed by atoms with Crippen LogP contribution in [0.1, 0.15) is 37.2 Å². The maximum absolute atomic E-state index is 4.59. The van der Waals surface area contributed by atoms with Crippen LogP contribution in [0.5, 0.6) is 0 Å². The van der Waals surface area contributed by atoms with Gasteiger partial charge in [0.25, 0.3) is 0 Å². The van der Waals surface area contributed by atoms with Gasteiger partial charge in [-0.3, -0.25) is 4.68 Å². The molecule has 0 aliphatic heterocycles. The largest absolute Gasteiger partial charge is 0.313 e. The van der Waals surface area contributed by atoms with E-state index in [-0.39, 0.29) is 0 Å². The number of hydrogen-bond acceptors (Lipinski definition) is 2. The second kappa shape index (κ2) is 6.71. The molecule has 2 aromatic rings. The summed E-state index contributed by atoms with van der Waals surface area (Å²) in [5.74, 6) is 0. The van der Waals surface area contributed by atoms with E-state index in [9.17, 15) is 0 Å². The molecule has 1 aromatic carbocycles. The summed E-state index contributed by atoms with van der Waals surface area (Å²) < 4.78 is 2.07. The van der Waals surface area contributed by atoms with E-state index in [4.69, 9.17) is 0 Å². The lowest BCUT2D eigenvalue weighted by atomic mass is 10.0. The Morgan fingerprint density at radius 2 is 1.80 bits per heavy atom. The fourth-order valence-electron chi connectivity index (χ4n) is 2.62. The fourth-order valence-corrected chi connectivity index (χ4v) is 2.62. The van der Waals surface area contributed by atoms with Gasteiger partial charge < -0.3 is 5.32 Å². The fraction of sp³-hybridized carbons (Fsp3) is 0.471. The second-order valence-corrected chi connectivity index (χ2v) is 5.24. The van der Waals surface area contributed by atoms with Crippen LogP contribution < -0.4 is 5.32 Å². The number of nitrogens with one attached hydrogen (secondary N) is 1. The Morgan fingerprint density at radius 3 is 2.35 bits per heavy atom. The third-order valence-electron chi connectivity index (χ3n) is 3.68. The molecule has 1 heterocycles. The zero-order chi connectivity index (χ0) is 14.5. The van der Waals surface area contributed by atoms with E-state index in [1.54, 1.807) is 0 Å². The molecule has 0 bridgehead atoms. The quantitative estimate of drug-likeness (QED) is 0.812.